The monoisotopic (exact) mass is 439 g/mol. The number of amides is 1. The van der Waals surface area contributed by atoms with Gasteiger partial charge in [-0.15, -0.1) is 15.0 Å². The first-order valence-corrected chi connectivity index (χ1v) is 9.37. The Hall–Kier alpha value is -4.21. The number of hydrogen-bond acceptors (Lipinski definition) is 5. The molecule has 0 radical (unpaired) electrons. The summed E-state index contributed by atoms with van der Waals surface area (Å²) in [5, 5.41) is 15.1. The number of halogens is 3. The fourth-order valence-electron chi connectivity index (χ4n) is 2.87. The Bertz CT molecular complexity index is 1220. The minimum Gasteiger partial charge on any atom is -0.497 e. The fraction of sp³-hybridized carbons (Fsp3) is 0.0909. The van der Waals surface area contributed by atoms with E-state index in [2.05, 4.69) is 20.7 Å². The predicted molar refractivity (Wildman–Crippen MR) is 111 cm³/mol. The quantitative estimate of drug-likeness (QED) is 0.491. The molecule has 0 saturated carbocycles. The summed E-state index contributed by atoms with van der Waals surface area (Å²) in [7, 11) is 1.58. The number of alkyl halides is 3. The van der Waals surface area contributed by atoms with Crippen LogP contribution in [0.15, 0.2) is 72.8 Å². The molecule has 4 aromatic rings. The molecule has 0 spiro atoms. The predicted octanol–water partition coefficient (Wildman–Crippen LogP) is 4.61. The van der Waals surface area contributed by atoms with Gasteiger partial charge in [0.15, 0.2) is 0 Å². The minimum absolute atomic E-state index is 0.117. The molecule has 4 rings (SSSR count). The van der Waals surface area contributed by atoms with Crippen LogP contribution in [0.25, 0.3) is 17.1 Å². The molecule has 0 aliphatic carbocycles. The normalized spacial score (nSPS) is 11.2. The Labute approximate surface area is 180 Å². The highest BCUT2D eigenvalue weighted by Gasteiger charge is 2.30. The largest absolute Gasteiger partial charge is 0.497 e. The minimum atomic E-state index is -4.45. The molecule has 162 valence electrons. The number of nitrogens with one attached hydrogen (secondary N) is 1. The number of carbonyl (C=O) groups is 1. The van der Waals surface area contributed by atoms with Gasteiger partial charge < -0.3 is 10.1 Å². The molecule has 0 bridgehead atoms. The van der Waals surface area contributed by atoms with Crippen LogP contribution in [0.5, 0.6) is 5.75 Å². The first kappa shape index (κ1) is 21.0. The summed E-state index contributed by atoms with van der Waals surface area (Å²) in [5.74, 6) is 0.583. The van der Waals surface area contributed by atoms with E-state index < -0.39 is 17.6 Å². The summed E-state index contributed by atoms with van der Waals surface area (Å²) in [6, 6.07) is 17.9. The number of hydrogen-bond donors (Lipinski definition) is 1. The Balaban J connectivity index is 1.44. The van der Waals surface area contributed by atoms with Crippen LogP contribution in [-0.4, -0.2) is 33.2 Å². The molecular weight excluding hydrogens is 423 g/mol. The van der Waals surface area contributed by atoms with Crippen molar-refractivity contribution < 1.29 is 22.7 Å². The second-order valence-corrected chi connectivity index (χ2v) is 6.71. The lowest BCUT2D eigenvalue weighted by Crippen LogP contribution is -2.12. The van der Waals surface area contributed by atoms with Gasteiger partial charge in [-0.2, -0.15) is 13.2 Å². The second kappa shape index (κ2) is 8.50. The van der Waals surface area contributed by atoms with Crippen LogP contribution < -0.4 is 10.1 Å². The molecule has 0 fully saturated rings. The molecule has 0 unspecified atom stereocenters. The van der Waals surface area contributed by atoms with Crippen LogP contribution in [0.4, 0.5) is 18.9 Å². The van der Waals surface area contributed by atoms with Crippen molar-refractivity contribution in [3.63, 3.8) is 0 Å². The summed E-state index contributed by atoms with van der Waals surface area (Å²) in [5.41, 5.74) is 1.17. The van der Waals surface area contributed by atoms with Crippen molar-refractivity contribution in [2.24, 2.45) is 0 Å². The Morgan fingerprint density at radius 3 is 2.19 bits per heavy atom. The van der Waals surface area contributed by atoms with Crippen molar-refractivity contribution in [1.29, 1.82) is 0 Å². The van der Waals surface area contributed by atoms with Crippen molar-refractivity contribution in [3.8, 4) is 22.8 Å². The third kappa shape index (κ3) is 4.59. The Morgan fingerprint density at radius 2 is 1.59 bits per heavy atom. The number of carbonyl (C=O) groups excluding carboxylic acids is 1. The van der Waals surface area contributed by atoms with E-state index in [-0.39, 0.29) is 5.56 Å². The highest BCUT2D eigenvalue weighted by Crippen LogP contribution is 2.29. The molecule has 3 aromatic carbocycles. The third-order valence-electron chi connectivity index (χ3n) is 4.59. The number of benzene rings is 3. The van der Waals surface area contributed by atoms with Crippen LogP contribution in [-0.2, 0) is 6.18 Å². The third-order valence-corrected chi connectivity index (χ3v) is 4.59. The number of methoxy groups -OCH3 is 1. The summed E-state index contributed by atoms with van der Waals surface area (Å²) in [6.45, 7) is 0. The average molecular weight is 439 g/mol. The summed E-state index contributed by atoms with van der Waals surface area (Å²) in [6.07, 6.45) is -4.45. The molecule has 1 amide bonds. The van der Waals surface area contributed by atoms with Crippen molar-refractivity contribution >= 4 is 11.6 Å². The fourth-order valence-corrected chi connectivity index (χ4v) is 2.87. The van der Waals surface area contributed by atoms with E-state index in [4.69, 9.17) is 4.74 Å². The number of nitrogens with zero attached hydrogens (tertiary/aromatic N) is 4. The summed E-state index contributed by atoms with van der Waals surface area (Å²) < 4.78 is 43.1. The highest BCUT2D eigenvalue weighted by molar-refractivity contribution is 6.04. The van der Waals surface area contributed by atoms with E-state index in [1.165, 1.54) is 4.80 Å². The first-order valence-electron chi connectivity index (χ1n) is 9.37. The van der Waals surface area contributed by atoms with Gasteiger partial charge in [0.2, 0.25) is 5.82 Å². The maximum Gasteiger partial charge on any atom is 0.416 e. The zero-order valence-corrected chi connectivity index (χ0v) is 16.7. The number of rotatable bonds is 5. The summed E-state index contributed by atoms with van der Waals surface area (Å²) >= 11 is 0. The number of ether oxygens (including phenoxy) is 1. The van der Waals surface area contributed by atoms with Crippen molar-refractivity contribution in [2.45, 2.75) is 6.18 Å². The topological polar surface area (TPSA) is 81.9 Å². The maximum atomic E-state index is 12.7. The van der Waals surface area contributed by atoms with Crippen LogP contribution >= 0.6 is 0 Å². The van der Waals surface area contributed by atoms with Gasteiger partial charge in [0.05, 0.1) is 18.4 Å². The number of anilines is 1. The smallest absolute Gasteiger partial charge is 0.416 e. The molecule has 1 aromatic heterocycles. The van der Waals surface area contributed by atoms with Gasteiger partial charge in [-0.05, 0) is 78.0 Å². The molecule has 0 saturated heterocycles. The highest BCUT2D eigenvalue weighted by atomic mass is 19.4. The lowest BCUT2D eigenvalue weighted by atomic mass is 10.1. The number of aromatic nitrogens is 4. The van der Waals surface area contributed by atoms with E-state index in [1.807, 2.05) is 0 Å². The van der Waals surface area contributed by atoms with Gasteiger partial charge in [-0.3, -0.25) is 4.79 Å². The van der Waals surface area contributed by atoms with E-state index in [0.717, 1.165) is 24.3 Å². The standard InChI is InChI=1S/C22H16F3N5O2/c1-32-19-12-10-18(11-13-19)30-28-20(27-29-30)14-4-8-17(9-5-14)26-21(31)15-2-6-16(7-3-15)22(23,24)25/h2-13H,1H3,(H,26,31). The van der Waals surface area contributed by atoms with Crippen molar-refractivity contribution in [3.05, 3.63) is 83.9 Å². The molecular formula is C22H16F3N5O2. The molecule has 0 aliphatic heterocycles. The lowest BCUT2D eigenvalue weighted by molar-refractivity contribution is -0.137. The summed E-state index contributed by atoms with van der Waals surface area (Å²) in [4.78, 5) is 13.7. The van der Waals surface area contributed by atoms with E-state index in [1.54, 1.807) is 55.6 Å². The Kier molecular flexibility index (Phi) is 5.59. The van der Waals surface area contributed by atoms with Crippen LogP contribution in [0.1, 0.15) is 15.9 Å². The van der Waals surface area contributed by atoms with Gasteiger partial charge >= 0.3 is 6.18 Å². The van der Waals surface area contributed by atoms with E-state index >= 15 is 0 Å². The van der Waals surface area contributed by atoms with E-state index in [0.29, 0.717) is 28.5 Å². The molecule has 10 heteroatoms. The molecule has 32 heavy (non-hydrogen) atoms. The number of tetrazole rings is 1. The van der Waals surface area contributed by atoms with Gasteiger partial charge in [0.1, 0.15) is 5.75 Å². The van der Waals surface area contributed by atoms with Gasteiger partial charge in [0, 0.05) is 16.8 Å². The zero-order valence-electron chi connectivity index (χ0n) is 16.7. The Morgan fingerprint density at radius 1 is 0.938 bits per heavy atom. The zero-order chi connectivity index (χ0) is 22.7. The van der Waals surface area contributed by atoms with Crippen LogP contribution in [0.3, 0.4) is 0 Å². The SMILES string of the molecule is COc1ccc(-n2nnc(-c3ccc(NC(=O)c4ccc(C(F)(F)F)cc4)cc3)n2)cc1. The van der Waals surface area contributed by atoms with Gasteiger partial charge in [0.25, 0.3) is 5.91 Å². The van der Waals surface area contributed by atoms with Gasteiger partial charge in [-0.1, -0.05) is 0 Å². The van der Waals surface area contributed by atoms with Gasteiger partial charge in [-0.25, -0.2) is 0 Å². The second-order valence-electron chi connectivity index (χ2n) is 6.71. The average Bonchev–Trinajstić information content (AvgIpc) is 3.29. The maximum absolute atomic E-state index is 12.7. The molecule has 1 heterocycles. The molecule has 0 aliphatic rings. The lowest BCUT2D eigenvalue weighted by Gasteiger charge is -2.08. The first-order chi connectivity index (χ1) is 15.3. The molecule has 1 N–H and O–H groups in total. The van der Waals surface area contributed by atoms with Crippen molar-refractivity contribution in [1.82, 2.24) is 20.2 Å². The molecule has 7 nitrogen and oxygen atoms in total. The van der Waals surface area contributed by atoms with Crippen molar-refractivity contribution in [2.75, 3.05) is 12.4 Å². The van der Waals surface area contributed by atoms with Crippen LogP contribution in [0.2, 0.25) is 0 Å². The van der Waals surface area contributed by atoms with Crippen LogP contribution in [0, 0.1) is 0 Å². The van der Waals surface area contributed by atoms with E-state index in [9.17, 15) is 18.0 Å². The molecule has 0 atom stereocenters.